The van der Waals surface area contributed by atoms with Gasteiger partial charge in [0.1, 0.15) is 0 Å². The van der Waals surface area contributed by atoms with Gasteiger partial charge >= 0.3 is 0 Å². The van der Waals surface area contributed by atoms with Crippen LogP contribution in [0.5, 0.6) is 0 Å². The molecule has 0 saturated heterocycles. The number of imide groups is 1. The van der Waals surface area contributed by atoms with E-state index in [2.05, 4.69) is 5.32 Å². The number of aromatic nitrogens is 1. The number of hydrogen-bond donors (Lipinski definition) is 1. The lowest BCUT2D eigenvalue weighted by molar-refractivity contribution is -0.645. The first-order valence-electron chi connectivity index (χ1n) is 6.96. The molecule has 0 saturated carbocycles. The molecule has 0 unspecified atom stereocenters. The molecule has 1 aromatic heterocycles. The predicted molar refractivity (Wildman–Crippen MR) is 91.1 cm³/mol. The number of carbonyl (C=O) groups excluding carboxylic acids is 2. The van der Waals surface area contributed by atoms with Crippen molar-refractivity contribution in [1.29, 1.82) is 0 Å². The number of thioether (sulfide) groups is 2. The Labute approximate surface area is 143 Å². The first-order valence-corrected chi connectivity index (χ1v) is 8.94. The van der Waals surface area contributed by atoms with Crippen LogP contribution >= 0.6 is 23.5 Å². The van der Waals surface area contributed by atoms with Gasteiger partial charge in [-0.25, -0.2) is 0 Å². The van der Waals surface area contributed by atoms with Gasteiger partial charge in [-0.2, -0.15) is 4.73 Å². The molecule has 7 heteroatoms. The van der Waals surface area contributed by atoms with Crippen LogP contribution in [-0.4, -0.2) is 23.3 Å². The van der Waals surface area contributed by atoms with Gasteiger partial charge in [0.25, 0.3) is 5.03 Å². The van der Waals surface area contributed by atoms with Crippen molar-refractivity contribution in [3.05, 3.63) is 59.9 Å². The molecular formula is C16H16N2O3S2. The monoisotopic (exact) mass is 348 g/mol. The number of nitrogens with zero attached hydrogens (tertiary/aromatic N) is 1. The van der Waals surface area contributed by atoms with Crippen LogP contribution in [-0.2, 0) is 9.59 Å². The predicted octanol–water partition coefficient (Wildman–Crippen LogP) is 2.24. The van der Waals surface area contributed by atoms with Gasteiger partial charge in [-0.15, -0.1) is 11.8 Å². The molecule has 1 aromatic carbocycles. The third-order valence-electron chi connectivity index (χ3n) is 2.76. The normalized spacial score (nSPS) is 10.3. The second-order valence-corrected chi connectivity index (χ2v) is 6.70. The van der Waals surface area contributed by atoms with E-state index in [0.717, 1.165) is 16.7 Å². The zero-order valence-electron chi connectivity index (χ0n) is 12.3. The van der Waals surface area contributed by atoms with Gasteiger partial charge in [0, 0.05) is 29.2 Å². The average Bonchev–Trinajstić information content (AvgIpc) is 2.55. The maximum absolute atomic E-state index is 11.7. The minimum Gasteiger partial charge on any atom is -0.618 e. The Hall–Kier alpha value is -1.99. The van der Waals surface area contributed by atoms with E-state index in [0.29, 0.717) is 15.5 Å². The molecule has 2 rings (SSSR count). The lowest BCUT2D eigenvalue weighted by Gasteiger charge is -2.05. The van der Waals surface area contributed by atoms with Crippen molar-refractivity contribution in [2.75, 3.05) is 11.5 Å². The molecule has 0 radical (unpaired) electrons. The maximum atomic E-state index is 11.7. The van der Waals surface area contributed by atoms with Crippen LogP contribution in [0.25, 0.3) is 0 Å². The van der Waals surface area contributed by atoms with Crippen molar-refractivity contribution in [2.45, 2.75) is 16.3 Å². The molecule has 1 N–H and O–H groups in total. The third-order valence-corrected chi connectivity index (χ3v) is 4.79. The zero-order valence-corrected chi connectivity index (χ0v) is 13.9. The smallest absolute Gasteiger partial charge is 0.251 e. The number of rotatable bonds is 7. The second-order valence-electron chi connectivity index (χ2n) is 4.54. The number of benzene rings is 1. The van der Waals surface area contributed by atoms with Crippen LogP contribution in [0.4, 0.5) is 0 Å². The number of hydrogen-bond acceptors (Lipinski definition) is 5. The molecule has 0 bridgehead atoms. The standard InChI is InChI=1S/C16H16N2O3S2/c19-14(9-11-22-13-6-2-1-3-7-13)17-15(20)12-23-16-8-4-5-10-18(16)21/h1-8,10H,9,11-12H2,(H,17,19,20). The molecule has 1 heterocycles. The fourth-order valence-electron chi connectivity index (χ4n) is 1.70. The lowest BCUT2D eigenvalue weighted by atomic mass is 10.4. The third kappa shape index (κ3) is 6.33. The Kier molecular flexibility index (Phi) is 6.96. The van der Waals surface area contributed by atoms with E-state index in [-0.39, 0.29) is 18.1 Å². The first kappa shape index (κ1) is 17.4. The van der Waals surface area contributed by atoms with Gasteiger partial charge in [-0.05, 0) is 30.0 Å². The Morgan fingerprint density at radius 1 is 1.00 bits per heavy atom. The maximum Gasteiger partial charge on any atom is 0.251 e. The van der Waals surface area contributed by atoms with Crippen LogP contribution < -0.4 is 10.0 Å². The van der Waals surface area contributed by atoms with Crippen LogP contribution in [0.3, 0.4) is 0 Å². The summed E-state index contributed by atoms with van der Waals surface area (Å²) in [5.41, 5.74) is 0. The highest BCUT2D eigenvalue weighted by atomic mass is 32.2. The minimum atomic E-state index is -0.395. The van der Waals surface area contributed by atoms with Gasteiger partial charge in [0.05, 0.1) is 5.75 Å². The number of nitrogens with one attached hydrogen (secondary N) is 1. The zero-order chi connectivity index (χ0) is 16.5. The molecule has 2 aromatic rings. The van der Waals surface area contributed by atoms with Crippen molar-refractivity contribution < 1.29 is 14.3 Å². The molecule has 120 valence electrons. The fourth-order valence-corrected chi connectivity index (χ4v) is 3.28. The van der Waals surface area contributed by atoms with Crippen molar-refractivity contribution in [1.82, 2.24) is 5.32 Å². The second kappa shape index (κ2) is 9.22. The molecule has 0 aliphatic heterocycles. The van der Waals surface area contributed by atoms with E-state index in [9.17, 15) is 14.8 Å². The number of carbonyl (C=O) groups is 2. The average molecular weight is 348 g/mol. The van der Waals surface area contributed by atoms with E-state index in [1.165, 1.54) is 6.20 Å². The van der Waals surface area contributed by atoms with Crippen LogP contribution in [0.2, 0.25) is 0 Å². The summed E-state index contributed by atoms with van der Waals surface area (Å²) in [6.07, 6.45) is 1.63. The summed E-state index contributed by atoms with van der Waals surface area (Å²) in [5.74, 6) is -0.0602. The molecule has 0 aliphatic carbocycles. The SMILES string of the molecule is O=C(CCSc1ccccc1)NC(=O)CSc1cccc[n+]1[O-]. The topological polar surface area (TPSA) is 73.1 Å². The van der Waals surface area contributed by atoms with E-state index >= 15 is 0 Å². The minimum absolute atomic E-state index is 0.0316. The molecular weight excluding hydrogens is 332 g/mol. The van der Waals surface area contributed by atoms with Crippen LogP contribution in [0, 0.1) is 5.21 Å². The largest absolute Gasteiger partial charge is 0.618 e. The van der Waals surface area contributed by atoms with Gasteiger partial charge in [-0.3, -0.25) is 14.9 Å². The summed E-state index contributed by atoms with van der Waals surface area (Å²) >= 11 is 2.66. The van der Waals surface area contributed by atoms with Gasteiger partial charge in [0.2, 0.25) is 11.8 Å². The van der Waals surface area contributed by atoms with Crippen molar-refractivity contribution in [3.8, 4) is 0 Å². The Morgan fingerprint density at radius 2 is 1.74 bits per heavy atom. The van der Waals surface area contributed by atoms with E-state index in [4.69, 9.17) is 0 Å². The fraction of sp³-hybridized carbons (Fsp3) is 0.188. The summed E-state index contributed by atoms with van der Waals surface area (Å²) < 4.78 is 0.691. The van der Waals surface area contributed by atoms with Crippen molar-refractivity contribution in [2.24, 2.45) is 0 Å². The molecule has 5 nitrogen and oxygen atoms in total. The molecule has 0 atom stereocenters. The van der Waals surface area contributed by atoms with Crippen molar-refractivity contribution in [3.63, 3.8) is 0 Å². The van der Waals surface area contributed by atoms with E-state index in [1.807, 2.05) is 30.3 Å². The number of pyridine rings is 1. The van der Waals surface area contributed by atoms with Crippen LogP contribution in [0.15, 0.2) is 64.6 Å². The quantitative estimate of drug-likeness (QED) is 0.472. The van der Waals surface area contributed by atoms with Crippen LogP contribution in [0.1, 0.15) is 6.42 Å². The van der Waals surface area contributed by atoms with Gasteiger partial charge < -0.3 is 5.21 Å². The molecule has 0 spiro atoms. The molecule has 0 fully saturated rings. The van der Waals surface area contributed by atoms with Crippen molar-refractivity contribution >= 4 is 35.3 Å². The highest BCUT2D eigenvalue weighted by Crippen LogP contribution is 2.17. The first-order chi connectivity index (χ1) is 11.1. The lowest BCUT2D eigenvalue weighted by Crippen LogP contribution is -2.33. The Balaban J connectivity index is 1.66. The highest BCUT2D eigenvalue weighted by molar-refractivity contribution is 7.99. The van der Waals surface area contributed by atoms with Gasteiger partial charge in [0.15, 0.2) is 6.20 Å². The molecule has 0 aliphatic rings. The van der Waals surface area contributed by atoms with Gasteiger partial charge in [-0.1, -0.05) is 18.2 Å². The van der Waals surface area contributed by atoms with E-state index in [1.54, 1.807) is 30.0 Å². The highest BCUT2D eigenvalue weighted by Gasteiger charge is 2.11. The summed E-state index contributed by atoms with van der Waals surface area (Å²) in [7, 11) is 0. The summed E-state index contributed by atoms with van der Waals surface area (Å²) in [6, 6.07) is 14.7. The molecule has 2 amide bonds. The van der Waals surface area contributed by atoms with E-state index < -0.39 is 5.91 Å². The summed E-state index contributed by atoms with van der Waals surface area (Å²) in [5, 5.41) is 14.2. The summed E-state index contributed by atoms with van der Waals surface area (Å²) in [4.78, 5) is 24.5. The Bertz CT molecular complexity index is 665. The summed E-state index contributed by atoms with van der Waals surface area (Å²) in [6.45, 7) is 0. The Morgan fingerprint density at radius 3 is 2.48 bits per heavy atom. The number of amides is 2. The molecule has 23 heavy (non-hydrogen) atoms.